The molecule has 1 aromatic heterocycles. The number of rotatable bonds is 9. The van der Waals surface area contributed by atoms with Crippen LogP contribution in [0.2, 0.25) is 0 Å². The summed E-state index contributed by atoms with van der Waals surface area (Å²) < 4.78 is 0. The maximum Gasteiger partial charge on any atom is 0.239 e. The molecule has 2 rings (SSSR count). The zero-order valence-corrected chi connectivity index (χ0v) is 17.6. The van der Waals surface area contributed by atoms with Crippen LogP contribution in [0.25, 0.3) is 0 Å². The molecule has 0 saturated carbocycles. The predicted octanol–water partition coefficient (Wildman–Crippen LogP) is 1.95. The molecule has 158 valence electrons. The van der Waals surface area contributed by atoms with Crippen molar-refractivity contribution >= 4 is 17.6 Å². The SMILES string of the molecule is CCCNCC(=O)NCC(=O)NCc1ccc(N)nc1C.CCc1ccccc1. The summed E-state index contributed by atoms with van der Waals surface area (Å²) in [4.78, 5) is 27.2. The number of carbonyl (C=O) groups is 2. The van der Waals surface area contributed by atoms with Gasteiger partial charge in [0.1, 0.15) is 5.82 Å². The topological polar surface area (TPSA) is 109 Å². The molecule has 2 amide bonds. The lowest BCUT2D eigenvalue weighted by Crippen LogP contribution is -2.40. The molecule has 0 saturated heterocycles. The van der Waals surface area contributed by atoms with Crippen LogP contribution in [-0.4, -0.2) is 36.4 Å². The average molecular weight is 400 g/mol. The fourth-order valence-corrected chi connectivity index (χ4v) is 2.39. The van der Waals surface area contributed by atoms with E-state index in [-0.39, 0.29) is 24.9 Å². The van der Waals surface area contributed by atoms with Gasteiger partial charge in [0.15, 0.2) is 0 Å². The summed E-state index contributed by atoms with van der Waals surface area (Å²) in [5.41, 5.74) is 8.65. The minimum Gasteiger partial charge on any atom is -0.384 e. The zero-order valence-electron chi connectivity index (χ0n) is 17.6. The average Bonchev–Trinajstić information content (AvgIpc) is 2.73. The first-order chi connectivity index (χ1) is 14.0. The Morgan fingerprint density at radius 3 is 2.24 bits per heavy atom. The van der Waals surface area contributed by atoms with E-state index < -0.39 is 0 Å². The molecule has 0 aliphatic carbocycles. The van der Waals surface area contributed by atoms with Gasteiger partial charge in [-0.15, -0.1) is 0 Å². The highest BCUT2D eigenvalue weighted by Gasteiger charge is 2.06. The van der Waals surface area contributed by atoms with Crippen LogP contribution >= 0.6 is 0 Å². The first-order valence-corrected chi connectivity index (χ1v) is 9.96. The first-order valence-electron chi connectivity index (χ1n) is 9.96. The Morgan fingerprint density at radius 1 is 0.966 bits per heavy atom. The fourth-order valence-electron chi connectivity index (χ4n) is 2.39. The van der Waals surface area contributed by atoms with Crippen LogP contribution in [0.3, 0.4) is 0 Å². The molecule has 0 atom stereocenters. The normalized spacial score (nSPS) is 9.90. The Balaban J connectivity index is 0.000000436. The second-order valence-corrected chi connectivity index (χ2v) is 6.55. The van der Waals surface area contributed by atoms with E-state index in [0.717, 1.165) is 30.6 Å². The highest BCUT2D eigenvalue weighted by atomic mass is 16.2. The summed E-state index contributed by atoms with van der Waals surface area (Å²) in [7, 11) is 0. The number of nitrogen functional groups attached to an aromatic ring is 1. The van der Waals surface area contributed by atoms with E-state index in [4.69, 9.17) is 5.73 Å². The van der Waals surface area contributed by atoms with Gasteiger partial charge in [-0.3, -0.25) is 9.59 Å². The van der Waals surface area contributed by atoms with Gasteiger partial charge in [0.2, 0.25) is 11.8 Å². The monoisotopic (exact) mass is 399 g/mol. The lowest BCUT2D eigenvalue weighted by Gasteiger charge is -2.09. The maximum atomic E-state index is 11.6. The van der Waals surface area contributed by atoms with Crippen LogP contribution < -0.4 is 21.7 Å². The molecule has 0 spiro atoms. The van der Waals surface area contributed by atoms with E-state index in [1.165, 1.54) is 5.56 Å². The van der Waals surface area contributed by atoms with E-state index >= 15 is 0 Å². The van der Waals surface area contributed by atoms with Gasteiger partial charge in [0, 0.05) is 12.2 Å². The molecule has 2 aromatic rings. The predicted molar refractivity (Wildman–Crippen MR) is 117 cm³/mol. The number of pyridine rings is 1. The molecule has 7 heteroatoms. The number of amides is 2. The second kappa shape index (κ2) is 14.1. The quantitative estimate of drug-likeness (QED) is 0.482. The lowest BCUT2D eigenvalue weighted by atomic mass is 10.2. The number of nitrogens with one attached hydrogen (secondary N) is 3. The van der Waals surface area contributed by atoms with E-state index in [1.807, 2.05) is 26.0 Å². The van der Waals surface area contributed by atoms with Crippen molar-refractivity contribution in [3.8, 4) is 0 Å². The molecule has 0 aliphatic heterocycles. The van der Waals surface area contributed by atoms with Crippen molar-refractivity contribution in [2.24, 2.45) is 0 Å². The van der Waals surface area contributed by atoms with Crippen molar-refractivity contribution in [1.29, 1.82) is 0 Å². The third kappa shape index (κ3) is 10.8. The number of nitrogens with zero attached hydrogens (tertiary/aromatic N) is 1. The van der Waals surface area contributed by atoms with Gasteiger partial charge in [0.25, 0.3) is 0 Å². The summed E-state index contributed by atoms with van der Waals surface area (Å²) in [6, 6.07) is 14.0. The summed E-state index contributed by atoms with van der Waals surface area (Å²) in [5, 5.41) is 8.24. The molecular weight excluding hydrogens is 366 g/mol. The van der Waals surface area contributed by atoms with E-state index in [1.54, 1.807) is 6.07 Å². The minimum atomic E-state index is -0.241. The standard InChI is InChI=1S/C14H23N5O2.C8H10/c1-3-6-16-8-13(20)18-9-14(21)17-7-11-4-5-12(15)19-10(11)2;1-2-8-6-4-3-5-7-8/h4-5,16H,3,6-9H2,1-2H3,(H2,15,19)(H,17,21)(H,18,20);3-7H,2H2,1H3. The van der Waals surface area contributed by atoms with Crippen molar-refractivity contribution in [2.45, 2.75) is 40.2 Å². The van der Waals surface area contributed by atoms with Crippen LogP contribution in [0.4, 0.5) is 5.82 Å². The van der Waals surface area contributed by atoms with Gasteiger partial charge >= 0.3 is 0 Å². The van der Waals surface area contributed by atoms with Gasteiger partial charge in [0.05, 0.1) is 13.1 Å². The molecule has 1 aromatic carbocycles. The van der Waals surface area contributed by atoms with E-state index in [0.29, 0.717) is 12.4 Å². The van der Waals surface area contributed by atoms with E-state index in [2.05, 4.69) is 52.1 Å². The molecule has 0 fully saturated rings. The fraction of sp³-hybridized carbons (Fsp3) is 0.409. The molecule has 29 heavy (non-hydrogen) atoms. The van der Waals surface area contributed by atoms with Crippen molar-refractivity contribution in [3.63, 3.8) is 0 Å². The van der Waals surface area contributed by atoms with Gasteiger partial charge in [-0.2, -0.15) is 0 Å². The molecule has 7 nitrogen and oxygen atoms in total. The third-order valence-corrected chi connectivity index (χ3v) is 4.10. The van der Waals surface area contributed by atoms with Crippen LogP contribution in [0.15, 0.2) is 42.5 Å². The Kier molecular flexibility index (Phi) is 11.7. The molecule has 0 aliphatic rings. The Hall–Kier alpha value is -2.93. The molecule has 0 radical (unpaired) electrons. The first kappa shape index (κ1) is 24.1. The largest absolute Gasteiger partial charge is 0.384 e. The number of hydrogen-bond acceptors (Lipinski definition) is 5. The number of aromatic nitrogens is 1. The van der Waals surface area contributed by atoms with Gasteiger partial charge in [-0.25, -0.2) is 4.98 Å². The Labute approximate surface area is 173 Å². The minimum absolute atomic E-state index is 0.0336. The highest BCUT2D eigenvalue weighted by Crippen LogP contribution is 2.07. The number of hydrogen-bond donors (Lipinski definition) is 4. The van der Waals surface area contributed by atoms with Crippen LogP contribution in [0.5, 0.6) is 0 Å². The molecular formula is C22H33N5O2. The number of benzene rings is 1. The van der Waals surface area contributed by atoms with Gasteiger partial charge in [-0.1, -0.05) is 50.2 Å². The number of anilines is 1. The lowest BCUT2D eigenvalue weighted by molar-refractivity contribution is -0.125. The third-order valence-electron chi connectivity index (χ3n) is 4.10. The molecule has 0 bridgehead atoms. The second-order valence-electron chi connectivity index (χ2n) is 6.55. The number of carbonyl (C=O) groups excluding carboxylic acids is 2. The molecule has 5 N–H and O–H groups in total. The van der Waals surface area contributed by atoms with Gasteiger partial charge in [-0.05, 0) is 43.5 Å². The maximum absolute atomic E-state index is 11.6. The number of nitrogens with two attached hydrogens (primary N) is 1. The van der Waals surface area contributed by atoms with Crippen molar-refractivity contribution in [3.05, 3.63) is 59.3 Å². The van der Waals surface area contributed by atoms with Crippen molar-refractivity contribution in [1.82, 2.24) is 20.9 Å². The van der Waals surface area contributed by atoms with Crippen molar-refractivity contribution in [2.75, 3.05) is 25.4 Å². The smallest absolute Gasteiger partial charge is 0.239 e. The zero-order chi connectivity index (χ0) is 21.5. The Morgan fingerprint density at radius 2 is 1.66 bits per heavy atom. The van der Waals surface area contributed by atoms with E-state index in [9.17, 15) is 9.59 Å². The summed E-state index contributed by atoms with van der Waals surface area (Å²) >= 11 is 0. The molecule has 1 heterocycles. The Bertz CT molecular complexity index is 750. The van der Waals surface area contributed by atoms with Crippen LogP contribution in [0.1, 0.15) is 37.1 Å². The summed E-state index contributed by atoms with van der Waals surface area (Å²) in [6.45, 7) is 7.35. The molecule has 0 unspecified atom stereocenters. The summed E-state index contributed by atoms with van der Waals surface area (Å²) in [6.07, 6.45) is 2.10. The van der Waals surface area contributed by atoms with Crippen LogP contribution in [-0.2, 0) is 22.6 Å². The van der Waals surface area contributed by atoms with Gasteiger partial charge < -0.3 is 21.7 Å². The number of aryl methyl sites for hydroxylation is 2. The van der Waals surface area contributed by atoms with Crippen LogP contribution in [0, 0.1) is 6.92 Å². The van der Waals surface area contributed by atoms with Crippen molar-refractivity contribution < 1.29 is 9.59 Å². The summed E-state index contributed by atoms with van der Waals surface area (Å²) in [5.74, 6) is 0.0217. The highest BCUT2D eigenvalue weighted by molar-refractivity contribution is 5.85.